The molecular formula is C37H49NO6. The van der Waals surface area contributed by atoms with Crippen molar-refractivity contribution in [1.82, 2.24) is 0 Å². The zero-order valence-corrected chi connectivity index (χ0v) is 27.4. The van der Waals surface area contributed by atoms with Crippen molar-refractivity contribution in [3.8, 4) is 0 Å². The smallest absolute Gasteiger partial charge is 0.312 e. The number of carboxylic acid groups (broad SMARTS) is 1. The van der Waals surface area contributed by atoms with Crippen LogP contribution in [-0.4, -0.2) is 33.0 Å². The standard InChI is InChI=1S/C37H49NO6/c1-32(2)20-26-25-11-12-28-34(5)19-23(17-22-9-8-10-24(18-22)38(43)44)30(40)33(3,4)27(34)13-14-36(28,7)35(25,6)15-16-37(26,31(41)42)29(39)21-32/h8-11,17-18,26-29,39H,12-16,19-21H2,1-7H3,(H,41,42)/b23-17+/t26-,27-,28+,29+,34-,35+,36+,37-/m0/s1. The van der Waals surface area contributed by atoms with Gasteiger partial charge in [-0.15, -0.1) is 0 Å². The summed E-state index contributed by atoms with van der Waals surface area (Å²) >= 11 is 0. The Kier molecular flexibility index (Phi) is 6.81. The van der Waals surface area contributed by atoms with E-state index in [4.69, 9.17) is 0 Å². The summed E-state index contributed by atoms with van der Waals surface area (Å²) in [4.78, 5) is 38.1. The fourth-order valence-electron chi connectivity index (χ4n) is 11.7. The molecule has 5 aliphatic carbocycles. The SMILES string of the molecule is CC1(C)C[C@@H](O)[C@]2(C(=O)O)CC[C@]3(C)C(=CC[C@@H]4[C@@]5(C)C/C(=C\c6cccc([N+](=O)[O-])c6)C(=O)C(C)(C)[C@@H]5CC[C@]43C)[C@@H]2C1. The minimum atomic E-state index is -1.14. The van der Waals surface area contributed by atoms with E-state index in [2.05, 4.69) is 54.5 Å². The topological polar surface area (TPSA) is 118 Å². The van der Waals surface area contributed by atoms with Crippen molar-refractivity contribution in [2.24, 2.45) is 50.2 Å². The monoisotopic (exact) mass is 603 g/mol. The van der Waals surface area contributed by atoms with E-state index in [1.165, 1.54) is 11.6 Å². The minimum Gasteiger partial charge on any atom is -0.481 e. The summed E-state index contributed by atoms with van der Waals surface area (Å²) in [6.07, 6.45) is 9.19. The first-order chi connectivity index (χ1) is 20.3. The first-order valence-electron chi connectivity index (χ1n) is 16.5. The van der Waals surface area contributed by atoms with Gasteiger partial charge in [0.05, 0.1) is 11.0 Å². The van der Waals surface area contributed by atoms with Crippen LogP contribution in [0.15, 0.2) is 41.5 Å². The summed E-state index contributed by atoms with van der Waals surface area (Å²) in [6.45, 7) is 15.6. The predicted octanol–water partition coefficient (Wildman–Crippen LogP) is 8.01. The van der Waals surface area contributed by atoms with Gasteiger partial charge in [-0.1, -0.05) is 72.2 Å². The first-order valence-corrected chi connectivity index (χ1v) is 16.5. The fourth-order valence-corrected chi connectivity index (χ4v) is 11.7. The Labute approximate surface area is 261 Å². The first kappa shape index (κ1) is 31.2. The molecule has 0 spiro atoms. The van der Waals surface area contributed by atoms with E-state index in [1.807, 2.05) is 12.1 Å². The van der Waals surface area contributed by atoms with Gasteiger partial charge in [0.15, 0.2) is 5.78 Å². The molecule has 0 amide bonds. The molecule has 2 N–H and O–H groups in total. The number of nitro benzene ring substituents is 1. The van der Waals surface area contributed by atoms with Crippen LogP contribution in [0.5, 0.6) is 0 Å². The van der Waals surface area contributed by atoms with Gasteiger partial charge in [0.1, 0.15) is 5.41 Å². The largest absolute Gasteiger partial charge is 0.481 e. The summed E-state index contributed by atoms with van der Waals surface area (Å²) in [5, 5.41) is 33.5. The van der Waals surface area contributed by atoms with Gasteiger partial charge in [-0.3, -0.25) is 19.7 Å². The molecule has 0 saturated heterocycles. The lowest BCUT2D eigenvalue weighted by atomic mass is 9.33. The number of fused-ring (bicyclic) bond motifs is 7. The molecule has 4 fully saturated rings. The van der Waals surface area contributed by atoms with Crippen LogP contribution in [0.1, 0.15) is 105 Å². The van der Waals surface area contributed by atoms with Crippen molar-refractivity contribution < 1.29 is 24.7 Å². The highest BCUT2D eigenvalue weighted by atomic mass is 16.6. The molecule has 1 aromatic carbocycles. The Morgan fingerprint density at radius 1 is 1.02 bits per heavy atom. The number of aliphatic hydroxyl groups is 1. The molecule has 7 nitrogen and oxygen atoms in total. The zero-order chi connectivity index (χ0) is 32.3. The molecule has 44 heavy (non-hydrogen) atoms. The molecule has 7 heteroatoms. The number of rotatable bonds is 3. The molecule has 0 heterocycles. The summed E-state index contributed by atoms with van der Waals surface area (Å²) in [5.74, 6) is -0.453. The number of aliphatic carboxylic acids is 1. The fraction of sp³-hybridized carbons (Fsp3) is 0.676. The number of non-ortho nitro benzene ring substituents is 1. The molecule has 0 aliphatic heterocycles. The predicted molar refractivity (Wildman–Crippen MR) is 170 cm³/mol. The molecule has 0 aromatic heterocycles. The third-order valence-electron chi connectivity index (χ3n) is 14.1. The molecule has 0 radical (unpaired) electrons. The highest BCUT2D eigenvalue weighted by Crippen LogP contribution is 2.75. The molecule has 0 unspecified atom stereocenters. The van der Waals surface area contributed by atoms with Crippen LogP contribution in [0.25, 0.3) is 6.08 Å². The quantitative estimate of drug-likeness (QED) is 0.156. The number of carbonyl (C=O) groups is 2. The van der Waals surface area contributed by atoms with Crippen LogP contribution >= 0.6 is 0 Å². The van der Waals surface area contributed by atoms with Crippen molar-refractivity contribution in [2.45, 2.75) is 106 Å². The summed E-state index contributed by atoms with van der Waals surface area (Å²) in [7, 11) is 0. The van der Waals surface area contributed by atoms with E-state index in [0.29, 0.717) is 24.8 Å². The van der Waals surface area contributed by atoms with Crippen molar-refractivity contribution in [3.05, 3.63) is 57.2 Å². The third kappa shape index (κ3) is 4.03. The number of hydrogen-bond donors (Lipinski definition) is 2. The van der Waals surface area contributed by atoms with Crippen LogP contribution in [0.3, 0.4) is 0 Å². The third-order valence-corrected chi connectivity index (χ3v) is 14.1. The molecule has 238 valence electrons. The van der Waals surface area contributed by atoms with Crippen molar-refractivity contribution in [2.75, 3.05) is 0 Å². The maximum atomic E-state index is 14.1. The Hall–Kier alpha value is -2.80. The van der Waals surface area contributed by atoms with Gasteiger partial charge in [0.25, 0.3) is 5.69 Å². The number of Topliss-reactive ketones (excluding diaryl/α,β-unsaturated/α-hetero) is 1. The zero-order valence-electron chi connectivity index (χ0n) is 27.4. The van der Waals surface area contributed by atoms with Gasteiger partial charge < -0.3 is 10.2 Å². The lowest BCUT2D eigenvalue weighted by Gasteiger charge is -2.70. The number of nitro groups is 1. The maximum Gasteiger partial charge on any atom is 0.312 e. The number of hydrogen-bond acceptors (Lipinski definition) is 5. The van der Waals surface area contributed by atoms with Crippen molar-refractivity contribution in [1.29, 1.82) is 0 Å². The Balaban J connectivity index is 1.45. The summed E-state index contributed by atoms with van der Waals surface area (Å²) < 4.78 is 0. The number of benzene rings is 1. The van der Waals surface area contributed by atoms with E-state index >= 15 is 0 Å². The van der Waals surface area contributed by atoms with Crippen LogP contribution < -0.4 is 0 Å². The minimum absolute atomic E-state index is 0.0137. The highest BCUT2D eigenvalue weighted by molar-refractivity contribution is 6.04. The molecule has 0 bridgehead atoms. The second-order valence-corrected chi connectivity index (χ2v) is 17.0. The number of carboxylic acids is 1. The average Bonchev–Trinajstić information content (AvgIpc) is 2.91. The van der Waals surface area contributed by atoms with Crippen LogP contribution in [0.4, 0.5) is 5.69 Å². The summed E-state index contributed by atoms with van der Waals surface area (Å²) in [5.41, 5.74) is 0.308. The Morgan fingerprint density at radius 2 is 1.73 bits per heavy atom. The number of ketones is 1. The molecule has 6 rings (SSSR count). The number of aliphatic hydroxyl groups excluding tert-OH is 1. The molecule has 5 aliphatic rings. The van der Waals surface area contributed by atoms with Gasteiger partial charge in [-0.2, -0.15) is 0 Å². The van der Waals surface area contributed by atoms with Crippen LogP contribution in [0, 0.1) is 60.4 Å². The number of carbonyl (C=O) groups excluding carboxylic acids is 1. The van der Waals surface area contributed by atoms with Crippen LogP contribution in [0.2, 0.25) is 0 Å². The molecule has 8 atom stereocenters. The van der Waals surface area contributed by atoms with Gasteiger partial charge >= 0.3 is 5.97 Å². The van der Waals surface area contributed by atoms with Gasteiger partial charge in [0, 0.05) is 17.5 Å². The van der Waals surface area contributed by atoms with Gasteiger partial charge in [-0.25, -0.2) is 0 Å². The summed E-state index contributed by atoms with van der Waals surface area (Å²) in [6, 6.07) is 6.51. The van der Waals surface area contributed by atoms with E-state index in [1.54, 1.807) is 12.1 Å². The average molecular weight is 604 g/mol. The van der Waals surface area contributed by atoms with Gasteiger partial charge in [0.2, 0.25) is 0 Å². The normalized spacial score (nSPS) is 43.1. The maximum absolute atomic E-state index is 14.1. The van der Waals surface area contributed by atoms with E-state index in [-0.39, 0.29) is 50.9 Å². The van der Waals surface area contributed by atoms with E-state index in [9.17, 15) is 29.9 Å². The lowest BCUT2D eigenvalue weighted by molar-refractivity contribution is -0.384. The lowest BCUT2D eigenvalue weighted by Crippen LogP contribution is -2.66. The molecule has 4 saturated carbocycles. The molecular weight excluding hydrogens is 554 g/mol. The van der Waals surface area contributed by atoms with Gasteiger partial charge in [-0.05, 0) is 108 Å². The van der Waals surface area contributed by atoms with Crippen LogP contribution in [-0.2, 0) is 9.59 Å². The Bertz CT molecular complexity index is 1500. The van der Waals surface area contributed by atoms with Crippen molar-refractivity contribution in [3.63, 3.8) is 0 Å². The highest BCUT2D eigenvalue weighted by Gasteiger charge is 2.71. The Morgan fingerprint density at radius 3 is 2.39 bits per heavy atom. The number of nitrogens with zero attached hydrogens (tertiary/aromatic N) is 1. The molecule has 1 aromatic rings. The van der Waals surface area contributed by atoms with E-state index in [0.717, 1.165) is 37.7 Å². The second-order valence-electron chi connectivity index (χ2n) is 17.0. The van der Waals surface area contributed by atoms with Crippen molar-refractivity contribution >= 4 is 23.5 Å². The number of allylic oxidation sites excluding steroid dienone is 3. The second kappa shape index (κ2) is 9.60. The van der Waals surface area contributed by atoms with E-state index < -0.39 is 27.8 Å².